The Labute approximate surface area is 207 Å². The molecule has 1 fully saturated rings. The lowest BCUT2D eigenvalue weighted by atomic mass is 9.72. The van der Waals surface area contributed by atoms with Crippen molar-refractivity contribution in [2.75, 3.05) is 39.5 Å². The molecule has 5 heteroatoms. The molecule has 0 aromatic heterocycles. The first-order valence-corrected chi connectivity index (χ1v) is 13.0. The number of aliphatic hydroxyl groups excluding tert-OH is 1. The maximum absolute atomic E-state index is 11.0. The molecule has 1 unspecified atom stereocenters. The fourth-order valence-electron chi connectivity index (χ4n) is 5.17. The highest BCUT2D eigenvalue weighted by atomic mass is 16.5. The number of morpholine rings is 1. The van der Waals surface area contributed by atoms with E-state index in [1.165, 1.54) is 0 Å². The number of benzene rings is 1. The predicted molar refractivity (Wildman–Crippen MR) is 141 cm³/mol. The first kappa shape index (κ1) is 28.4. The molecule has 0 spiro atoms. The molecule has 1 aliphatic heterocycles. The fraction of sp³-hybridized carbons (Fsp3) is 0.655. The number of nitrogens with zero attached hydrogens (tertiary/aromatic N) is 1. The van der Waals surface area contributed by atoms with E-state index in [4.69, 9.17) is 4.74 Å². The summed E-state index contributed by atoms with van der Waals surface area (Å²) in [5.41, 5.74) is 3.35. The summed E-state index contributed by atoms with van der Waals surface area (Å²) < 4.78 is 5.42. The quantitative estimate of drug-likeness (QED) is 0.308. The Morgan fingerprint density at radius 1 is 1.12 bits per heavy atom. The average Bonchev–Trinajstić information content (AvgIpc) is 2.83. The molecular weight excluding hydrogens is 426 g/mol. The predicted octanol–water partition coefficient (Wildman–Crippen LogP) is 5.89. The zero-order chi connectivity index (χ0) is 25.3. The van der Waals surface area contributed by atoms with Crippen molar-refractivity contribution in [3.05, 3.63) is 47.1 Å². The minimum Gasteiger partial charge on any atom is -0.507 e. The highest BCUT2D eigenvalue weighted by Crippen LogP contribution is 2.47. The Bertz CT molecular complexity index is 800. The molecule has 0 saturated carbocycles. The van der Waals surface area contributed by atoms with Gasteiger partial charge in [0, 0.05) is 24.6 Å². The summed E-state index contributed by atoms with van der Waals surface area (Å²) >= 11 is 0. The molecule has 0 bridgehead atoms. The van der Waals surface area contributed by atoms with Crippen molar-refractivity contribution in [3.63, 3.8) is 0 Å². The molecular formula is C29H47NO4. The Morgan fingerprint density at radius 2 is 1.74 bits per heavy atom. The molecule has 3 rings (SSSR count). The van der Waals surface area contributed by atoms with Crippen molar-refractivity contribution in [2.45, 2.75) is 78.1 Å². The number of aliphatic hydroxyl groups is 1. The highest BCUT2D eigenvalue weighted by Gasteiger charge is 2.32. The lowest BCUT2D eigenvalue weighted by molar-refractivity contribution is 0.0370. The van der Waals surface area contributed by atoms with E-state index < -0.39 is 0 Å². The maximum atomic E-state index is 11.0. The van der Waals surface area contributed by atoms with E-state index in [9.17, 15) is 15.3 Å². The zero-order valence-corrected chi connectivity index (χ0v) is 22.1. The molecule has 192 valence electrons. The van der Waals surface area contributed by atoms with Gasteiger partial charge in [-0.15, -0.1) is 0 Å². The van der Waals surface area contributed by atoms with Crippen LogP contribution in [-0.4, -0.2) is 59.7 Å². The molecule has 1 aromatic rings. The third kappa shape index (κ3) is 7.34. The molecule has 2 aliphatic rings. The second-order valence-corrected chi connectivity index (χ2v) is 10.2. The third-order valence-electron chi connectivity index (χ3n) is 7.34. The number of phenolic OH excluding ortho intramolecular Hbond substituents is 2. The van der Waals surface area contributed by atoms with E-state index in [1.54, 1.807) is 0 Å². The van der Waals surface area contributed by atoms with Gasteiger partial charge in [-0.05, 0) is 73.8 Å². The highest BCUT2D eigenvalue weighted by molar-refractivity contribution is 5.53. The van der Waals surface area contributed by atoms with E-state index in [1.807, 2.05) is 39.0 Å². The minimum absolute atomic E-state index is 0.0104. The smallest absolute Gasteiger partial charge is 0.123 e. The number of hydrogen-bond donors (Lipinski definition) is 3. The molecule has 34 heavy (non-hydrogen) atoms. The number of unbranched alkanes of at least 4 members (excludes halogenated alkanes) is 1. The average molecular weight is 474 g/mol. The van der Waals surface area contributed by atoms with Crippen LogP contribution in [-0.2, 0) is 10.2 Å². The van der Waals surface area contributed by atoms with Gasteiger partial charge in [0.2, 0.25) is 0 Å². The van der Waals surface area contributed by atoms with E-state index in [0.717, 1.165) is 81.7 Å². The van der Waals surface area contributed by atoms with E-state index in [-0.39, 0.29) is 35.4 Å². The van der Waals surface area contributed by atoms with Gasteiger partial charge < -0.3 is 20.1 Å². The summed E-state index contributed by atoms with van der Waals surface area (Å²) in [4.78, 5) is 2.46. The van der Waals surface area contributed by atoms with Gasteiger partial charge in [-0.2, -0.15) is 0 Å². The summed E-state index contributed by atoms with van der Waals surface area (Å²) in [7, 11) is 0. The normalized spacial score (nSPS) is 21.4. The summed E-state index contributed by atoms with van der Waals surface area (Å²) in [6.07, 6.45) is 6.91. The van der Waals surface area contributed by atoms with Crippen molar-refractivity contribution >= 4 is 0 Å². The Hall–Kier alpha value is -1.82. The second kappa shape index (κ2) is 13.3. The third-order valence-corrected chi connectivity index (χ3v) is 7.34. The van der Waals surface area contributed by atoms with Crippen molar-refractivity contribution in [1.29, 1.82) is 0 Å². The molecule has 1 aliphatic carbocycles. The van der Waals surface area contributed by atoms with Crippen LogP contribution >= 0.6 is 0 Å². The molecule has 1 heterocycles. The SMILES string of the molecule is C=C(C)C1CCC(CO)=C[C@@H]1c1c(O)cc(C(C)(C)CCCCN2CCOCC2)cc1O.CC. The largest absolute Gasteiger partial charge is 0.507 e. The van der Waals surface area contributed by atoms with Crippen LogP contribution < -0.4 is 0 Å². The van der Waals surface area contributed by atoms with Gasteiger partial charge in [0.15, 0.2) is 0 Å². The van der Waals surface area contributed by atoms with Crippen LogP contribution in [0.4, 0.5) is 0 Å². The number of hydrogen-bond acceptors (Lipinski definition) is 5. The molecule has 1 saturated heterocycles. The summed E-state index contributed by atoms with van der Waals surface area (Å²) in [5.74, 6) is 0.233. The Balaban J connectivity index is 0.00000199. The maximum Gasteiger partial charge on any atom is 0.123 e. The van der Waals surface area contributed by atoms with Gasteiger partial charge in [0.05, 0.1) is 19.8 Å². The van der Waals surface area contributed by atoms with Gasteiger partial charge in [0.25, 0.3) is 0 Å². The standard InChI is InChI=1S/C27H41NO4.C2H6/c1-19(2)22-8-7-20(18-29)15-23(22)26-24(30)16-21(17-25(26)31)27(3,4)9-5-6-10-28-11-13-32-14-12-28;1-2/h15-17,22-23,29-31H,1,5-14,18H2,2-4H3;1-2H3/t22?,23-;/m0./s1. The van der Waals surface area contributed by atoms with Crippen LogP contribution in [0.5, 0.6) is 11.5 Å². The van der Waals surface area contributed by atoms with Gasteiger partial charge in [-0.3, -0.25) is 4.90 Å². The van der Waals surface area contributed by atoms with Gasteiger partial charge in [0.1, 0.15) is 11.5 Å². The van der Waals surface area contributed by atoms with Crippen LogP contribution in [0.3, 0.4) is 0 Å². The monoisotopic (exact) mass is 473 g/mol. The van der Waals surface area contributed by atoms with Crippen molar-refractivity contribution in [1.82, 2.24) is 4.90 Å². The Kier molecular flexibility index (Phi) is 11.1. The molecule has 0 radical (unpaired) electrons. The first-order chi connectivity index (χ1) is 16.2. The van der Waals surface area contributed by atoms with Gasteiger partial charge >= 0.3 is 0 Å². The van der Waals surface area contributed by atoms with Crippen LogP contribution in [0.25, 0.3) is 0 Å². The lowest BCUT2D eigenvalue weighted by Crippen LogP contribution is -2.36. The molecule has 2 atom stereocenters. The molecule has 3 N–H and O–H groups in total. The van der Waals surface area contributed by atoms with Gasteiger partial charge in [-0.1, -0.05) is 52.3 Å². The van der Waals surface area contributed by atoms with Crippen molar-refractivity contribution in [2.24, 2.45) is 5.92 Å². The number of aromatic hydroxyl groups is 2. The summed E-state index contributed by atoms with van der Waals surface area (Å²) in [5, 5.41) is 31.6. The van der Waals surface area contributed by atoms with Gasteiger partial charge in [-0.25, -0.2) is 0 Å². The number of allylic oxidation sites excluding steroid dienone is 2. The van der Waals surface area contributed by atoms with Crippen LogP contribution in [0, 0.1) is 5.92 Å². The van der Waals surface area contributed by atoms with Crippen LogP contribution in [0.15, 0.2) is 35.9 Å². The minimum atomic E-state index is -0.172. The molecule has 5 nitrogen and oxygen atoms in total. The second-order valence-electron chi connectivity index (χ2n) is 10.2. The van der Waals surface area contributed by atoms with E-state index in [0.29, 0.717) is 5.56 Å². The van der Waals surface area contributed by atoms with Crippen LogP contribution in [0.1, 0.15) is 83.8 Å². The lowest BCUT2D eigenvalue weighted by Gasteiger charge is -2.33. The molecule has 1 aromatic carbocycles. The van der Waals surface area contributed by atoms with Crippen molar-refractivity contribution < 1.29 is 20.1 Å². The van der Waals surface area contributed by atoms with E-state index in [2.05, 4.69) is 25.3 Å². The number of ether oxygens (including phenoxy) is 1. The Morgan fingerprint density at radius 3 is 2.29 bits per heavy atom. The summed E-state index contributed by atoms with van der Waals surface area (Å²) in [6, 6.07) is 3.65. The van der Waals surface area contributed by atoms with E-state index >= 15 is 0 Å². The van der Waals surface area contributed by atoms with Crippen molar-refractivity contribution in [3.8, 4) is 11.5 Å². The first-order valence-electron chi connectivity index (χ1n) is 13.0. The number of rotatable bonds is 9. The molecule has 0 amide bonds. The zero-order valence-electron chi connectivity index (χ0n) is 22.1. The summed E-state index contributed by atoms with van der Waals surface area (Å²) in [6.45, 7) is 19.3. The van der Waals surface area contributed by atoms with Crippen LogP contribution in [0.2, 0.25) is 0 Å². The fourth-order valence-corrected chi connectivity index (χ4v) is 5.17. The number of phenols is 2. The topological polar surface area (TPSA) is 73.2 Å².